The fraction of sp³-hybridized carbons (Fsp3) is 0.889. The number of unbranched alkanes of at least 4 members (excludes halogenated alkanes) is 1. The van der Waals surface area contributed by atoms with Gasteiger partial charge in [-0.25, -0.2) is 0 Å². The zero-order valence-corrected chi connectivity index (χ0v) is 9.51. The molecule has 0 aliphatic heterocycles. The van der Waals surface area contributed by atoms with Crippen molar-refractivity contribution in [3.05, 3.63) is 0 Å². The number of amidine groups is 1. The normalized spacial score (nSPS) is 13.1. The smallest absolute Gasteiger partial charge is 0.0899 e. The van der Waals surface area contributed by atoms with Gasteiger partial charge in [0.2, 0.25) is 0 Å². The predicted molar refractivity (Wildman–Crippen MR) is 62.1 cm³/mol. The number of hydrogen-bond acceptors (Lipinski definition) is 3. The predicted octanol–water partition coefficient (Wildman–Crippen LogP) is -1.20. The number of hydrogen-bond donors (Lipinski definition) is 4. The minimum absolute atomic E-state index is 0. The molecule has 0 bridgehead atoms. The Labute approximate surface area is 91.0 Å². The van der Waals surface area contributed by atoms with Crippen LogP contribution >= 0.6 is 0 Å². The lowest BCUT2D eigenvalue weighted by molar-refractivity contribution is 0.158. The number of nitrogens with two attached hydrogens (primary N) is 1. The Morgan fingerprint density at radius 3 is 2.33 bits per heavy atom. The molecule has 0 rings (SSSR count). The highest BCUT2D eigenvalue weighted by molar-refractivity contribution is 5.75. The maximum atomic E-state index is 9.09. The van der Waals surface area contributed by atoms with Crippen LogP contribution in [0.1, 0.15) is 33.1 Å². The van der Waals surface area contributed by atoms with E-state index < -0.39 is 6.10 Å². The molecule has 6 nitrogen and oxygen atoms in total. The number of nitrogens with one attached hydrogen (secondary N) is 2. The molecular weight excluding hydrogens is 198 g/mol. The average Bonchev–Trinajstić information content (AvgIpc) is 2.02. The van der Waals surface area contributed by atoms with Crippen molar-refractivity contribution in [3.8, 4) is 0 Å². The van der Waals surface area contributed by atoms with E-state index in [-0.39, 0.29) is 17.0 Å². The standard InChI is InChI=1S/C9H21N3O.2H2O/c1-7(13)9(11)5-3-4-6-12-8(2)10;;/h7,9,13H,3-6,11H2,1-2H3,(H2,10,12);2*1H2/t7?,9-;;/m0../s1. The number of rotatable bonds is 6. The first-order valence-electron chi connectivity index (χ1n) is 4.76. The highest BCUT2D eigenvalue weighted by Gasteiger charge is 2.07. The molecule has 0 aliphatic rings. The molecule has 9 N–H and O–H groups in total. The van der Waals surface area contributed by atoms with E-state index in [9.17, 15) is 0 Å². The molecule has 1 unspecified atom stereocenters. The molecular formula is C9H25N3O3. The third kappa shape index (κ3) is 13.3. The summed E-state index contributed by atoms with van der Waals surface area (Å²) in [7, 11) is 0. The molecule has 0 aromatic carbocycles. The van der Waals surface area contributed by atoms with Crippen molar-refractivity contribution in [1.82, 2.24) is 5.32 Å². The van der Waals surface area contributed by atoms with E-state index in [1.807, 2.05) is 0 Å². The van der Waals surface area contributed by atoms with Crippen LogP contribution < -0.4 is 11.1 Å². The third-order valence-corrected chi connectivity index (χ3v) is 1.97. The molecule has 0 aromatic heterocycles. The summed E-state index contributed by atoms with van der Waals surface area (Å²) >= 11 is 0. The summed E-state index contributed by atoms with van der Waals surface area (Å²) in [5.74, 6) is 0.500. The lowest BCUT2D eigenvalue weighted by atomic mass is 10.1. The van der Waals surface area contributed by atoms with Gasteiger partial charge in [-0.3, -0.25) is 5.41 Å². The quantitative estimate of drug-likeness (QED) is 0.255. The molecule has 0 fully saturated rings. The monoisotopic (exact) mass is 223 g/mol. The molecule has 15 heavy (non-hydrogen) atoms. The minimum Gasteiger partial charge on any atom is -0.412 e. The van der Waals surface area contributed by atoms with Crippen LogP contribution in [0.5, 0.6) is 0 Å². The Morgan fingerprint density at radius 1 is 1.40 bits per heavy atom. The number of aliphatic hydroxyl groups excluding tert-OH is 1. The zero-order valence-electron chi connectivity index (χ0n) is 9.51. The molecule has 0 saturated heterocycles. The summed E-state index contributed by atoms with van der Waals surface area (Å²) in [6, 6.07) is -0.110. The van der Waals surface area contributed by atoms with Crippen LogP contribution in [0.4, 0.5) is 0 Å². The van der Waals surface area contributed by atoms with Crippen molar-refractivity contribution in [3.63, 3.8) is 0 Å². The van der Waals surface area contributed by atoms with E-state index in [1.165, 1.54) is 0 Å². The van der Waals surface area contributed by atoms with Gasteiger partial charge in [0.15, 0.2) is 0 Å². The molecule has 0 aromatic rings. The Balaban J connectivity index is -0.000000720. The molecule has 0 aliphatic carbocycles. The van der Waals surface area contributed by atoms with Crippen LogP contribution in [0.2, 0.25) is 0 Å². The largest absolute Gasteiger partial charge is 0.412 e. The van der Waals surface area contributed by atoms with Gasteiger partial charge in [-0.1, -0.05) is 6.42 Å². The third-order valence-electron chi connectivity index (χ3n) is 1.97. The van der Waals surface area contributed by atoms with Crippen molar-refractivity contribution < 1.29 is 16.1 Å². The summed E-state index contributed by atoms with van der Waals surface area (Å²) in [4.78, 5) is 0. The molecule has 0 amide bonds. The van der Waals surface area contributed by atoms with E-state index in [0.29, 0.717) is 5.84 Å². The molecule has 0 heterocycles. The number of aliphatic hydroxyl groups is 1. The Bertz CT molecular complexity index is 154. The lowest BCUT2D eigenvalue weighted by Gasteiger charge is -2.14. The van der Waals surface area contributed by atoms with Gasteiger partial charge in [0, 0.05) is 12.6 Å². The molecule has 6 heteroatoms. The maximum Gasteiger partial charge on any atom is 0.0899 e. The second kappa shape index (κ2) is 11.4. The minimum atomic E-state index is -0.419. The van der Waals surface area contributed by atoms with Gasteiger partial charge in [0.1, 0.15) is 0 Å². The highest BCUT2D eigenvalue weighted by Crippen LogP contribution is 2.01. The second-order valence-electron chi connectivity index (χ2n) is 3.45. The van der Waals surface area contributed by atoms with Gasteiger partial charge in [-0.2, -0.15) is 0 Å². The van der Waals surface area contributed by atoms with Crippen LogP contribution in [-0.2, 0) is 0 Å². The van der Waals surface area contributed by atoms with Crippen LogP contribution in [0.15, 0.2) is 0 Å². The first-order chi connectivity index (χ1) is 6.04. The highest BCUT2D eigenvalue weighted by atomic mass is 16.3. The first-order valence-corrected chi connectivity index (χ1v) is 4.76. The van der Waals surface area contributed by atoms with Crippen molar-refractivity contribution in [2.24, 2.45) is 5.73 Å². The summed E-state index contributed by atoms with van der Waals surface area (Å²) in [5.41, 5.74) is 5.65. The van der Waals surface area contributed by atoms with Crippen molar-refractivity contribution in [1.29, 1.82) is 5.41 Å². The SMILES string of the molecule is CC(=N)NCCCC[C@H](N)C(C)O.O.O. The summed E-state index contributed by atoms with van der Waals surface area (Å²) in [6.45, 7) is 4.26. The fourth-order valence-corrected chi connectivity index (χ4v) is 1.02. The summed E-state index contributed by atoms with van der Waals surface area (Å²) in [6.07, 6.45) is 2.41. The van der Waals surface area contributed by atoms with Gasteiger partial charge in [-0.05, 0) is 26.7 Å². The maximum absolute atomic E-state index is 9.09. The van der Waals surface area contributed by atoms with Crippen LogP contribution in [0, 0.1) is 5.41 Å². The van der Waals surface area contributed by atoms with E-state index >= 15 is 0 Å². The van der Waals surface area contributed by atoms with E-state index in [4.69, 9.17) is 16.2 Å². The topological polar surface area (TPSA) is 145 Å². The van der Waals surface area contributed by atoms with Crippen LogP contribution in [0.3, 0.4) is 0 Å². The summed E-state index contributed by atoms with van der Waals surface area (Å²) < 4.78 is 0. The van der Waals surface area contributed by atoms with Gasteiger partial charge in [0.25, 0.3) is 0 Å². The zero-order chi connectivity index (χ0) is 10.3. The van der Waals surface area contributed by atoms with Crippen LogP contribution in [-0.4, -0.2) is 40.6 Å². The summed E-state index contributed by atoms with van der Waals surface area (Å²) in [5, 5.41) is 19.1. The van der Waals surface area contributed by atoms with E-state index in [0.717, 1.165) is 25.8 Å². The van der Waals surface area contributed by atoms with Crippen molar-refractivity contribution in [2.75, 3.05) is 6.54 Å². The average molecular weight is 223 g/mol. The fourth-order valence-electron chi connectivity index (χ4n) is 1.02. The van der Waals surface area contributed by atoms with Crippen molar-refractivity contribution in [2.45, 2.75) is 45.3 Å². The lowest BCUT2D eigenvalue weighted by Crippen LogP contribution is -2.32. The molecule has 94 valence electrons. The Morgan fingerprint density at radius 2 is 1.93 bits per heavy atom. The van der Waals surface area contributed by atoms with Gasteiger partial charge in [-0.15, -0.1) is 0 Å². The van der Waals surface area contributed by atoms with Gasteiger partial charge >= 0.3 is 0 Å². The Hall–Kier alpha value is -0.690. The van der Waals surface area contributed by atoms with Crippen molar-refractivity contribution >= 4 is 5.84 Å². The molecule has 0 radical (unpaired) electrons. The van der Waals surface area contributed by atoms with Gasteiger partial charge < -0.3 is 27.1 Å². The Kier molecular flexibility index (Phi) is 15.0. The van der Waals surface area contributed by atoms with Crippen LogP contribution in [0.25, 0.3) is 0 Å². The van der Waals surface area contributed by atoms with E-state index in [2.05, 4.69) is 5.32 Å². The van der Waals surface area contributed by atoms with Gasteiger partial charge in [0.05, 0.1) is 11.9 Å². The second-order valence-corrected chi connectivity index (χ2v) is 3.45. The molecule has 0 saturated carbocycles. The molecule has 0 spiro atoms. The first kappa shape index (κ1) is 19.8. The van der Waals surface area contributed by atoms with E-state index in [1.54, 1.807) is 13.8 Å². The molecule has 2 atom stereocenters.